The number of amides is 2. The Hall–Kier alpha value is -3.26. The summed E-state index contributed by atoms with van der Waals surface area (Å²) in [4.78, 5) is 27.8. The minimum atomic E-state index is -0.536. The van der Waals surface area contributed by atoms with Gasteiger partial charge in [0.15, 0.2) is 6.61 Å². The first-order valence-electron chi connectivity index (χ1n) is 7.98. The second kappa shape index (κ2) is 8.41. The van der Waals surface area contributed by atoms with E-state index in [4.69, 9.17) is 15.2 Å². The molecule has 0 radical (unpaired) electrons. The topological polar surface area (TPSA) is 103 Å². The van der Waals surface area contributed by atoms with Crippen molar-refractivity contribution in [3.8, 4) is 11.5 Å². The zero-order valence-electron chi connectivity index (χ0n) is 14.5. The lowest BCUT2D eigenvalue weighted by Crippen LogP contribution is -2.19. The highest BCUT2D eigenvalue weighted by Crippen LogP contribution is 2.29. The second-order valence-electron chi connectivity index (χ2n) is 5.51. The Kier molecular flexibility index (Phi) is 5.77. The molecule has 3 N–H and O–H groups in total. The third kappa shape index (κ3) is 5.11. The first-order chi connectivity index (χ1) is 13.0. The molecular formula is C19H17N3O4S. The predicted molar refractivity (Wildman–Crippen MR) is 105 cm³/mol. The number of ether oxygens (including phenoxy) is 2. The lowest BCUT2D eigenvalue weighted by molar-refractivity contribution is -0.119. The van der Waals surface area contributed by atoms with Crippen LogP contribution in [0.15, 0.2) is 58.4 Å². The number of benzene rings is 2. The van der Waals surface area contributed by atoms with Crippen molar-refractivity contribution in [3.05, 3.63) is 59.0 Å². The average molecular weight is 383 g/mol. The molecule has 0 saturated carbocycles. The van der Waals surface area contributed by atoms with E-state index >= 15 is 0 Å². The highest BCUT2D eigenvalue weighted by Gasteiger charge is 2.23. The van der Waals surface area contributed by atoms with E-state index in [1.807, 2.05) is 36.4 Å². The molecule has 1 heterocycles. The summed E-state index contributed by atoms with van der Waals surface area (Å²) in [6.07, 6.45) is 1.85. The van der Waals surface area contributed by atoms with E-state index in [1.54, 1.807) is 25.3 Å². The number of nitrogens with zero attached hydrogens (tertiary/aromatic N) is 1. The molecule has 0 atom stereocenters. The summed E-state index contributed by atoms with van der Waals surface area (Å²) in [6.45, 7) is -0.175. The van der Waals surface area contributed by atoms with Crippen molar-refractivity contribution in [1.82, 2.24) is 5.32 Å². The maximum absolute atomic E-state index is 11.8. The normalized spacial score (nSPS) is 16.4. The molecular weight excluding hydrogens is 366 g/mol. The molecule has 7 nitrogen and oxygen atoms in total. The number of hydrogen-bond donors (Lipinski definition) is 2. The molecule has 3 rings (SSSR count). The van der Waals surface area contributed by atoms with Gasteiger partial charge >= 0.3 is 0 Å². The van der Waals surface area contributed by atoms with Crippen LogP contribution in [-0.4, -0.2) is 30.7 Å². The highest BCUT2D eigenvalue weighted by molar-refractivity contribution is 8.18. The Morgan fingerprint density at radius 3 is 2.70 bits per heavy atom. The maximum atomic E-state index is 11.8. The molecule has 1 aliphatic rings. The second-order valence-corrected chi connectivity index (χ2v) is 6.52. The maximum Gasteiger partial charge on any atom is 0.289 e. The van der Waals surface area contributed by atoms with Gasteiger partial charge < -0.3 is 20.5 Å². The third-order valence-electron chi connectivity index (χ3n) is 3.51. The van der Waals surface area contributed by atoms with Gasteiger partial charge in [0, 0.05) is 6.07 Å². The number of primary amides is 1. The number of carbonyl (C=O) groups excluding carboxylic acids is 2. The third-order valence-corrected chi connectivity index (χ3v) is 4.33. The molecule has 1 fully saturated rings. The minimum absolute atomic E-state index is 0.175. The quantitative estimate of drug-likeness (QED) is 0.798. The monoisotopic (exact) mass is 383 g/mol. The summed E-state index contributed by atoms with van der Waals surface area (Å²) in [5.41, 5.74) is 6.59. The zero-order chi connectivity index (χ0) is 19.2. The fourth-order valence-electron chi connectivity index (χ4n) is 2.29. The largest absolute Gasteiger partial charge is 0.497 e. The van der Waals surface area contributed by atoms with Crippen molar-refractivity contribution < 1.29 is 19.1 Å². The van der Waals surface area contributed by atoms with Crippen molar-refractivity contribution in [2.45, 2.75) is 0 Å². The van der Waals surface area contributed by atoms with Gasteiger partial charge in [0.25, 0.3) is 11.1 Å². The van der Waals surface area contributed by atoms with E-state index in [1.165, 1.54) is 0 Å². The number of thioether (sulfide) groups is 1. The summed E-state index contributed by atoms with van der Waals surface area (Å²) >= 11 is 1.07. The number of rotatable bonds is 6. The van der Waals surface area contributed by atoms with Crippen LogP contribution in [0.3, 0.4) is 0 Å². The number of amidine groups is 1. The van der Waals surface area contributed by atoms with Gasteiger partial charge in [-0.25, -0.2) is 4.99 Å². The van der Waals surface area contributed by atoms with Gasteiger partial charge in [0.2, 0.25) is 0 Å². The molecule has 0 bridgehead atoms. The summed E-state index contributed by atoms with van der Waals surface area (Å²) in [7, 11) is 1.58. The van der Waals surface area contributed by atoms with E-state index in [2.05, 4.69) is 10.3 Å². The van der Waals surface area contributed by atoms with Crippen LogP contribution in [0.4, 0.5) is 10.5 Å². The van der Waals surface area contributed by atoms with Crippen LogP contribution in [0.1, 0.15) is 5.56 Å². The Bertz CT molecular complexity index is 923. The standard InChI is InChI=1S/C19H17N3O4S/c1-25-15-4-2-3-13(10-15)21-18-16(27-19(24)22-18)9-12-5-7-14(8-6-12)26-11-17(20)23/h2-10H,11H2,1H3,(H2,20,23)(H,21,22,24)/b16-9-. The van der Waals surface area contributed by atoms with Crippen LogP contribution in [-0.2, 0) is 4.79 Å². The lowest BCUT2D eigenvalue weighted by Gasteiger charge is -2.04. The number of aliphatic imine (C=N–C) groups is 1. The van der Waals surface area contributed by atoms with E-state index in [-0.39, 0.29) is 11.8 Å². The molecule has 0 aliphatic carbocycles. The first kappa shape index (κ1) is 18.5. The van der Waals surface area contributed by atoms with E-state index in [0.29, 0.717) is 27.9 Å². The van der Waals surface area contributed by atoms with Gasteiger partial charge in [-0.1, -0.05) is 18.2 Å². The first-order valence-corrected chi connectivity index (χ1v) is 8.80. The highest BCUT2D eigenvalue weighted by atomic mass is 32.2. The van der Waals surface area contributed by atoms with Gasteiger partial charge in [-0.2, -0.15) is 0 Å². The van der Waals surface area contributed by atoms with Gasteiger partial charge in [-0.15, -0.1) is 0 Å². The van der Waals surface area contributed by atoms with Crippen molar-refractivity contribution >= 4 is 40.5 Å². The zero-order valence-corrected chi connectivity index (χ0v) is 15.3. The Morgan fingerprint density at radius 1 is 1.22 bits per heavy atom. The molecule has 27 heavy (non-hydrogen) atoms. The van der Waals surface area contributed by atoms with Crippen LogP contribution in [0.2, 0.25) is 0 Å². The minimum Gasteiger partial charge on any atom is -0.497 e. The summed E-state index contributed by atoms with van der Waals surface area (Å²) < 4.78 is 10.4. The molecule has 1 aliphatic heterocycles. The molecule has 138 valence electrons. The molecule has 2 amide bonds. The van der Waals surface area contributed by atoms with Crippen molar-refractivity contribution in [3.63, 3.8) is 0 Å². The summed E-state index contributed by atoms with van der Waals surface area (Å²) in [5.74, 6) is 1.17. The number of methoxy groups -OCH3 is 1. The van der Waals surface area contributed by atoms with Crippen LogP contribution in [0, 0.1) is 0 Å². The SMILES string of the molecule is COc1cccc(N=C2NC(=O)S/C2=C\c2ccc(OCC(N)=O)cc2)c1. The number of nitrogens with one attached hydrogen (secondary N) is 1. The van der Waals surface area contributed by atoms with Crippen LogP contribution in [0.5, 0.6) is 11.5 Å². The van der Waals surface area contributed by atoms with Gasteiger partial charge in [-0.3, -0.25) is 9.59 Å². The number of nitrogens with two attached hydrogens (primary N) is 1. The Morgan fingerprint density at radius 2 is 2.00 bits per heavy atom. The van der Waals surface area contributed by atoms with E-state index < -0.39 is 5.91 Å². The molecule has 2 aromatic carbocycles. The fourth-order valence-corrected chi connectivity index (χ4v) is 3.02. The van der Waals surface area contributed by atoms with E-state index in [9.17, 15) is 9.59 Å². The van der Waals surface area contributed by atoms with Gasteiger partial charge in [-0.05, 0) is 47.7 Å². The summed E-state index contributed by atoms with van der Waals surface area (Å²) in [5, 5.41) is 2.55. The summed E-state index contributed by atoms with van der Waals surface area (Å²) in [6, 6.07) is 14.3. The molecule has 8 heteroatoms. The number of carbonyl (C=O) groups is 2. The Balaban J connectivity index is 1.81. The smallest absolute Gasteiger partial charge is 0.289 e. The van der Waals surface area contributed by atoms with Crippen molar-refractivity contribution in [2.24, 2.45) is 10.7 Å². The molecule has 0 aromatic heterocycles. The van der Waals surface area contributed by atoms with Gasteiger partial charge in [0.1, 0.15) is 17.3 Å². The average Bonchev–Trinajstić information content (AvgIpc) is 3.00. The van der Waals surface area contributed by atoms with Crippen LogP contribution >= 0.6 is 11.8 Å². The van der Waals surface area contributed by atoms with Crippen LogP contribution < -0.4 is 20.5 Å². The molecule has 0 spiro atoms. The lowest BCUT2D eigenvalue weighted by atomic mass is 10.2. The molecule has 0 unspecified atom stereocenters. The van der Waals surface area contributed by atoms with Crippen LogP contribution in [0.25, 0.3) is 6.08 Å². The van der Waals surface area contributed by atoms with Crippen molar-refractivity contribution in [2.75, 3.05) is 13.7 Å². The van der Waals surface area contributed by atoms with E-state index in [0.717, 1.165) is 17.3 Å². The molecule has 2 aromatic rings. The molecule has 1 saturated heterocycles. The van der Waals surface area contributed by atoms with Crippen molar-refractivity contribution in [1.29, 1.82) is 0 Å². The number of hydrogen-bond acceptors (Lipinski definition) is 6. The Labute approximate surface area is 160 Å². The fraction of sp³-hybridized carbons (Fsp3) is 0.105. The van der Waals surface area contributed by atoms with Gasteiger partial charge in [0.05, 0.1) is 17.7 Å². The predicted octanol–water partition coefficient (Wildman–Crippen LogP) is 3.09.